The molecule has 1 heterocycles. The van der Waals surface area contributed by atoms with Crippen molar-refractivity contribution >= 4 is 39.6 Å². The first-order valence-electron chi connectivity index (χ1n) is 20.5. The standard InChI is InChI=1S/C19H29NO4.C14H19NO.C7H9N.C6H11BrO2/c1-3-23-18(21)12-8-14-20(15-9-13-19(22)24-4-2)16-17-10-6-5-7-11-17;16-14-8-4-10-15(11-5-9-14)12-13-6-2-1-3-7-13;8-6-7-4-2-1-3-5-7;1-2-9-6(8)4-3-5-7/h5-7,10-11H,3-4,8-9,12-16H2,1-2H3;1-3,6-7H,4-5,8-12H2;1-5H,6,8H2;2-5H2,1H3. The van der Waals surface area contributed by atoms with Crippen molar-refractivity contribution in [1.29, 1.82) is 0 Å². The molecule has 0 spiro atoms. The average molecular weight is 855 g/mol. The topological polar surface area (TPSA) is 128 Å². The summed E-state index contributed by atoms with van der Waals surface area (Å²) in [6.45, 7) is 13.0. The molecule has 0 bridgehead atoms. The second-order valence-electron chi connectivity index (χ2n) is 13.4. The third-order valence-corrected chi connectivity index (χ3v) is 9.14. The number of carbonyl (C=O) groups is 4. The summed E-state index contributed by atoms with van der Waals surface area (Å²) in [5.74, 6) is 0.0451. The first-order chi connectivity index (χ1) is 27.7. The second kappa shape index (κ2) is 35.3. The Morgan fingerprint density at radius 3 is 1.42 bits per heavy atom. The maximum atomic E-state index is 11.5. The predicted octanol–water partition coefficient (Wildman–Crippen LogP) is 8.68. The summed E-state index contributed by atoms with van der Waals surface area (Å²) in [6, 6.07) is 30.8. The Morgan fingerprint density at radius 2 is 1.04 bits per heavy atom. The number of benzene rings is 3. The summed E-state index contributed by atoms with van der Waals surface area (Å²) in [4.78, 5) is 49.5. The van der Waals surface area contributed by atoms with E-state index in [4.69, 9.17) is 15.2 Å². The van der Waals surface area contributed by atoms with Crippen molar-refractivity contribution in [3.05, 3.63) is 108 Å². The number of Topliss-reactive ketones (excluding diaryl/α,β-unsaturated/α-hetero) is 1. The van der Waals surface area contributed by atoms with Gasteiger partial charge in [-0.2, -0.15) is 0 Å². The van der Waals surface area contributed by atoms with Gasteiger partial charge in [-0.25, -0.2) is 0 Å². The molecule has 4 rings (SSSR count). The van der Waals surface area contributed by atoms with E-state index in [1.54, 1.807) is 0 Å². The van der Waals surface area contributed by atoms with Gasteiger partial charge in [0.2, 0.25) is 0 Å². The average Bonchev–Trinajstić information content (AvgIpc) is 3.21. The van der Waals surface area contributed by atoms with Crippen LogP contribution in [-0.4, -0.2) is 84.8 Å². The molecule has 0 radical (unpaired) electrons. The lowest BCUT2D eigenvalue weighted by Gasteiger charge is -2.24. The maximum absolute atomic E-state index is 11.5. The highest BCUT2D eigenvalue weighted by Gasteiger charge is 2.13. The number of hydrogen-bond acceptors (Lipinski definition) is 10. The van der Waals surface area contributed by atoms with E-state index in [-0.39, 0.29) is 17.9 Å². The molecule has 1 saturated heterocycles. The Kier molecular flexibility index (Phi) is 31.6. The molecule has 0 saturated carbocycles. The van der Waals surface area contributed by atoms with Crippen molar-refractivity contribution in [3.8, 4) is 0 Å². The fourth-order valence-electron chi connectivity index (χ4n) is 5.77. The van der Waals surface area contributed by atoms with Crippen LogP contribution >= 0.6 is 15.9 Å². The third kappa shape index (κ3) is 29.0. The molecule has 57 heavy (non-hydrogen) atoms. The van der Waals surface area contributed by atoms with E-state index >= 15 is 0 Å². The van der Waals surface area contributed by atoms with Gasteiger partial charge in [-0.1, -0.05) is 107 Å². The summed E-state index contributed by atoms with van der Waals surface area (Å²) < 4.78 is 14.6. The number of ketones is 1. The largest absolute Gasteiger partial charge is 0.466 e. The lowest BCUT2D eigenvalue weighted by molar-refractivity contribution is -0.144. The molecule has 11 heteroatoms. The Hall–Kier alpha value is -3.90. The molecule has 1 aliphatic rings. The Balaban J connectivity index is 0.000000419. The van der Waals surface area contributed by atoms with Crippen LogP contribution in [0.4, 0.5) is 0 Å². The smallest absolute Gasteiger partial charge is 0.305 e. The van der Waals surface area contributed by atoms with Crippen molar-refractivity contribution in [2.24, 2.45) is 5.73 Å². The van der Waals surface area contributed by atoms with E-state index in [1.165, 1.54) is 16.7 Å². The summed E-state index contributed by atoms with van der Waals surface area (Å²) in [7, 11) is 0. The van der Waals surface area contributed by atoms with Crippen LogP contribution in [0.25, 0.3) is 0 Å². The van der Waals surface area contributed by atoms with E-state index in [2.05, 4.69) is 72.9 Å². The van der Waals surface area contributed by atoms with Gasteiger partial charge < -0.3 is 19.9 Å². The molecule has 1 fully saturated rings. The zero-order valence-electron chi connectivity index (χ0n) is 34.7. The monoisotopic (exact) mass is 853 g/mol. The highest BCUT2D eigenvalue weighted by atomic mass is 79.9. The van der Waals surface area contributed by atoms with Crippen molar-refractivity contribution in [3.63, 3.8) is 0 Å². The Morgan fingerprint density at radius 1 is 0.632 bits per heavy atom. The van der Waals surface area contributed by atoms with Gasteiger partial charge in [-0.05, 0) is 95.7 Å². The molecule has 0 aliphatic carbocycles. The van der Waals surface area contributed by atoms with Crippen LogP contribution in [0, 0.1) is 0 Å². The fourth-order valence-corrected chi connectivity index (χ4v) is 6.05. The number of likely N-dealkylation sites (tertiary alicyclic amines) is 1. The molecular weight excluding hydrogens is 786 g/mol. The van der Waals surface area contributed by atoms with Crippen LogP contribution < -0.4 is 5.73 Å². The van der Waals surface area contributed by atoms with Crippen LogP contribution in [-0.2, 0) is 53.0 Å². The van der Waals surface area contributed by atoms with Gasteiger partial charge >= 0.3 is 17.9 Å². The van der Waals surface area contributed by atoms with E-state index in [9.17, 15) is 19.2 Å². The number of carbonyl (C=O) groups excluding carboxylic acids is 4. The predicted molar refractivity (Wildman–Crippen MR) is 233 cm³/mol. The molecule has 0 aromatic heterocycles. The summed E-state index contributed by atoms with van der Waals surface area (Å²) >= 11 is 3.22. The highest BCUT2D eigenvalue weighted by molar-refractivity contribution is 9.09. The van der Waals surface area contributed by atoms with Crippen molar-refractivity contribution in [1.82, 2.24) is 9.80 Å². The molecule has 316 valence electrons. The minimum Gasteiger partial charge on any atom is -0.466 e. The van der Waals surface area contributed by atoms with Crippen LogP contribution in [0.1, 0.15) is 102 Å². The number of hydrogen-bond donors (Lipinski definition) is 1. The molecule has 3 aromatic carbocycles. The molecule has 2 N–H and O–H groups in total. The number of ether oxygens (including phenoxy) is 3. The normalized spacial score (nSPS) is 12.6. The Bertz CT molecular complexity index is 1410. The molecule has 1 aliphatic heterocycles. The zero-order chi connectivity index (χ0) is 41.8. The molecule has 0 unspecified atom stereocenters. The van der Waals surface area contributed by atoms with E-state index < -0.39 is 0 Å². The van der Waals surface area contributed by atoms with Crippen molar-refractivity contribution in [2.75, 3.05) is 51.3 Å². The van der Waals surface area contributed by atoms with E-state index in [0.29, 0.717) is 51.4 Å². The number of nitrogens with two attached hydrogens (primary N) is 1. The van der Waals surface area contributed by atoms with Crippen LogP contribution in [0.2, 0.25) is 0 Å². The summed E-state index contributed by atoms with van der Waals surface area (Å²) in [5.41, 5.74) is 9.13. The highest BCUT2D eigenvalue weighted by Crippen LogP contribution is 2.12. The van der Waals surface area contributed by atoms with Crippen molar-refractivity contribution < 1.29 is 33.4 Å². The SMILES string of the molecule is CCOC(=O)CCCBr.CCOC(=O)CCCN(CCCC(=O)OCC)Cc1ccccc1.NCc1ccccc1.O=C1CCCN(Cc2ccccc2)CCC1. The molecule has 10 nitrogen and oxygen atoms in total. The number of halogens is 1. The quantitative estimate of drug-likeness (QED) is 0.0711. The van der Waals surface area contributed by atoms with Gasteiger partial charge in [0.25, 0.3) is 0 Å². The van der Waals surface area contributed by atoms with Gasteiger partial charge in [0, 0.05) is 57.1 Å². The van der Waals surface area contributed by atoms with Crippen LogP contribution in [0.15, 0.2) is 91.0 Å². The van der Waals surface area contributed by atoms with Gasteiger partial charge in [-0.15, -0.1) is 0 Å². The van der Waals surface area contributed by atoms with Gasteiger partial charge in [0.1, 0.15) is 5.78 Å². The van der Waals surface area contributed by atoms with E-state index in [0.717, 1.165) is 89.5 Å². The summed E-state index contributed by atoms with van der Waals surface area (Å²) in [5, 5.41) is 0.867. The number of esters is 3. The lowest BCUT2D eigenvalue weighted by atomic mass is 10.1. The van der Waals surface area contributed by atoms with Gasteiger partial charge in [0.15, 0.2) is 0 Å². The summed E-state index contributed by atoms with van der Waals surface area (Å²) in [6.07, 6.45) is 7.33. The number of nitrogens with zero attached hydrogens (tertiary/aromatic N) is 2. The Labute approximate surface area is 350 Å². The van der Waals surface area contributed by atoms with E-state index in [1.807, 2.05) is 69.3 Å². The molecular formula is C46H68BrN3O7. The van der Waals surface area contributed by atoms with Crippen molar-refractivity contribution in [2.45, 2.75) is 105 Å². The van der Waals surface area contributed by atoms with Crippen LogP contribution in [0.3, 0.4) is 0 Å². The molecule has 0 amide bonds. The minimum atomic E-state index is -0.149. The zero-order valence-corrected chi connectivity index (χ0v) is 36.3. The fraction of sp³-hybridized carbons (Fsp3) is 0.522. The first-order valence-corrected chi connectivity index (χ1v) is 21.7. The minimum absolute atomic E-state index is 0.100. The number of rotatable bonds is 19. The third-order valence-electron chi connectivity index (χ3n) is 8.58. The van der Waals surface area contributed by atoms with Gasteiger partial charge in [-0.3, -0.25) is 29.0 Å². The molecule has 0 atom stereocenters. The molecule has 3 aromatic rings. The second-order valence-corrected chi connectivity index (χ2v) is 14.2. The first kappa shape index (κ1) is 51.1. The van der Waals surface area contributed by atoms with Crippen LogP contribution in [0.5, 0.6) is 0 Å². The van der Waals surface area contributed by atoms with Gasteiger partial charge in [0.05, 0.1) is 19.8 Å². The lowest BCUT2D eigenvalue weighted by Crippen LogP contribution is -2.28. The maximum Gasteiger partial charge on any atom is 0.305 e. The number of alkyl halides is 1.